The van der Waals surface area contributed by atoms with Gasteiger partial charge in [0, 0.05) is 13.6 Å². The molecule has 12 nitrogen and oxygen atoms in total. The van der Waals surface area contributed by atoms with Crippen LogP contribution in [0, 0.1) is 5.92 Å². The first-order valence-corrected chi connectivity index (χ1v) is 8.78. The van der Waals surface area contributed by atoms with Gasteiger partial charge in [-0.15, -0.1) is 0 Å². The van der Waals surface area contributed by atoms with Gasteiger partial charge in [-0.1, -0.05) is 13.8 Å². The van der Waals surface area contributed by atoms with Gasteiger partial charge in [0.2, 0.25) is 17.7 Å². The number of nitrogens with one attached hydrogen (secondary N) is 3. The van der Waals surface area contributed by atoms with E-state index in [1.54, 1.807) is 13.8 Å². The quantitative estimate of drug-likeness (QED) is 0.195. The second-order valence-corrected chi connectivity index (χ2v) is 6.63. The number of nitrogens with two attached hydrogens (primary N) is 2. The van der Waals surface area contributed by atoms with E-state index in [0.717, 1.165) is 4.90 Å². The zero-order valence-corrected chi connectivity index (χ0v) is 16.4. The number of urea groups is 1. The highest BCUT2D eigenvalue weighted by Crippen LogP contribution is 2.02. The van der Waals surface area contributed by atoms with Crippen molar-refractivity contribution in [3.05, 3.63) is 0 Å². The molecule has 12 heteroatoms. The van der Waals surface area contributed by atoms with Crippen LogP contribution in [0.2, 0.25) is 0 Å². The number of carboxylic acids is 1. The predicted molar refractivity (Wildman–Crippen MR) is 99.8 cm³/mol. The molecule has 0 fully saturated rings. The number of carbonyl (C=O) groups is 5. The summed E-state index contributed by atoms with van der Waals surface area (Å²) in [5.41, 5.74) is 10.7. The fraction of sp³-hybridized carbons (Fsp3) is 0.688. The fourth-order valence-electron chi connectivity index (χ4n) is 2.07. The molecule has 0 rings (SSSR count). The molecule has 0 saturated carbocycles. The van der Waals surface area contributed by atoms with Gasteiger partial charge in [0.15, 0.2) is 0 Å². The van der Waals surface area contributed by atoms with Crippen molar-refractivity contribution >= 4 is 29.7 Å². The molecule has 0 unspecified atom stereocenters. The van der Waals surface area contributed by atoms with Crippen LogP contribution in [0.5, 0.6) is 0 Å². The van der Waals surface area contributed by atoms with Gasteiger partial charge in [-0.25, -0.2) is 4.79 Å². The topological polar surface area (TPSA) is 197 Å². The maximum Gasteiger partial charge on any atom is 0.323 e. The van der Waals surface area contributed by atoms with Crippen molar-refractivity contribution in [2.75, 3.05) is 26.7 Å². The Kier molecular flexibility index (Phi) is 11.2. The largest absolute Gasteiger partial charge is 0.480 e. The van der Waals surface area contributed by atoms with E-state index in [1.807, 2.05) is 0 Å². The standard InChI is InChI=1S/C16H30N6O6/c1-9(2)13(17)15(27)21-10(5-4-6-19-16(18)28)14(26)20-7-11(23)22(3)8-12(24)25/h9-10,13H,4-8,17H2,1-3H3,(H,20,26)(H,21,27)(H,24,25)(H3,18,19,28)/t10-,13-/m0/s1. The molecule has 0 aromatic heterocycles. The van der Waals surface area contributed by atoms with Crippen LogP contribution in [0.1, 0.15) is 26.7 Å². The molecule has 0 heterocycles. The number of hydrogen-bond acceptors (Lipinski definition) is 6. The Hall–Kier alpha value is -2.89. The highest BCUT2D eigenvalue weighted by molar-refractivity contribution is 5.92. The molecule has 160 valence electrons. The lowest BCUT2D eigenvalue weighted by atomic mass is 10.0. The van der Waals surface area contributed by atoms with Crippen molar-refractivity contribution < 1.29 is 29.1 Å². The van der Waals surface area contributed by atoms with E-state index >= 15 is 0 Å². The van der Waals surface area contributed by atoms with Gasteiger partial charge in [-0.3, -0.25) is 19.2 Å². The summed E-state index contributed by atoms with van der Waals surface area (Å²) in [6.45, 7) is 2.78. The molecule has 0 aliphatic carbocycles. The lowest BCUT2D eigenvalue weighted by molar-refractivity contribution is -0.143. The first-order chi connectivity index (χ1) is 13.0. The maximum atomic E-state index is 12.4. The highest BCUT2D eigenvalue weighted by atomic mass is 16.4. The lowest BCUT2D eigenvalue weighted by Gasteiger charge is -2.22. The Morgan fingerprint density at radius 1 is 1.07 bits per heavy atom. The third-order valence-corrected chi connectivity index (χ3v) is 3.83. The third kappa shape index (κ3) is 10.3. The molecule has 0 spiro atoms. The summed E-state index contributed by atoms with van der Waals surface area (Å²) >= 11 is 0. The van der Waals surface area contributed by atoms with Crippen molar-refractivity contribution in [3.63, 3.8) is 0 Å². The van der Waals surface area contributed by atoms with E-state index in [0.29, 0.717) is 6.42 Å². The van der Waals surface area contributed by atoms with Crippen LogP contribution in [-0.4, -0.2) is 78.5 Å². The molecule has 5 amide bonds. The fourth-order valence-corrected chi connectivity index (χ4v) is 2.07. The molecular formula is C16H30N6O6. The van der Waals surface area contributed by atoms with E-state index in [1.165, 1.54) is 7.05 Å². The zero-order valence-electron chi connectivity index (χ0n) is 16.4. The minimum Gasteiger partial charge on any atom is -0.480 e. The molecule has 0 saturated heterocycles. The molecule has 8 N–H and O–H groups in total. The van der Waals surface area contributed by atoms with E-state index in [9.17, 15) is 24.0 Å². The SMILES string of the molecule is CC(C)[C@H](N)C(=O)N[C@@H](CCCNC(N)=O)C(=O)NCC(=O)N(C)CC(=O)O. The summed E-state index contributed by atoms with van der Waals surface area (Å²) < 4.78 is 0. The number of primary amides is 1. The van der Waals surface area contributed by atoms with Gasteiger partial charge in [-0.05, 0) is 18.8 Å². The molecule has 0 aliphatic heterocycles. The third-order valence-electron chi connectivity index (χ3n) is 3.83. The number of carbonyl (C=O) groups excluding carboxylic acids is 4. The summed E-state index contributed by atoms with van der Waals surface area (Å²) in [5, 5.41) is 15.9. The minimum absolute atomic E-state index is 0.147. The first-order valence-electron chi connectivity index (χ1n) is 8.78. The summed E-state index contributed by atoms with van der Waals surface area (Å²) in [6.07, 6.45) is 0.507. The average molecular weight is 402 g/mol. The molecular weight excluding hydrogens is 372 g/mol. The zero-order chi connectivity index (χ0) is 21.9. The van der Waals surface area contributed by atoms with Crippen molar-refractivity contribution in [1.82, 2.24) is 20.9 Å². The smallest absolute Gasteiger partial charge is 0.323 e. The number of amides is 5. The molecule has 0 bridgehead atoms. The van der Waals surface area contributed by atoms with Gasteiger partial charge >= 0.3 is 12.0 Å². The summed E-state index contributed by atoms with van der Waals surface area (Å²) in [4.78, 5) is 58.6. The second kappa shape index (κ2) is 12.5. The molecule has 2 atom stereocenters. The van der Waals surface area contributed by atoms with E-state index < -0.39 is 54.9 Å². The summed E-state index contributed by atoms with van der Waals surface area (Å²) in [6, 6.07) is -2.51. The Bertz CT molecular complexity index is 582. The molecule has 0 radical (unpaired) electrons. The van der Waals surface area contributed by atoms with Gasteiger partial charge in [0.05, 0.1) is 12.6 Å². The predicted octanol–water partition coefficient (Wildman–Crippen LogP) is -2.44. The monoisotopic (exact) mass is 402 g/mol. The Labute approximate surface area is 163 Å². The van der Waals surface area contributed by atoms with Crippen LogP contribution in [0.15, 0.2) is 0 Å². The number of aliphatic carboxylic acids is 1. The Balaban J connectivity index is 4.83. The number of hydrogen-bond donors (Lipinski definition) is 6. The second-order valence-electron chi connectivity index (χ2n) is 6.63. The lowest BCUT2D eigenvalue weighted by Crippen LogP contribution is -2.54. The average Bonchev–Trinajstić information content (AvgIpc) is 2.59. The Morgan fingerprint density at radius 2 is 1.68 bits per heavy atom. The van der Waals surface area contributed by atoms with Crippen LogP contribution in [0.25, 0.3) is 0 Å². The van der Waals surface area contributed by atoms with Gasteiger partial charge in [0.1, 0.15) is 12.6 Å². The molecule has 28 heavy (non-hydrogen) atoms. The highest BCUT2D eigenvalue weighted by Gasteiger charge is 2.25. The molecule has 0 aliphatic rings. The van der Waals surface area contributed by atoms with Crippen LogP contribution in [-0.2, 0) is 19.2 Å². The van der Waals surface area contributed by atoms with Gasteiger partial charge in [0.25, 0.3) is 0 Å². The van der Waals surface area contributed by atoms with Crippen molar-refractivity contribution in [1.29, 1.82) is 0 Å². The normalized spacial score (nSPS) is 12.6. The Morgan fingerprint density at radius 3 is 2.18 bits per heavy atom. The van der Waals surface area contributed by atoms with Gasteiger partial charge < -0.3 is 37.4 Å². The number of likely N-dealkylation sites (N-methyl/N-ethyl adjacent to an activating group) is 1. The van der Waals surface area contributed by atoms with Gasteiger partial charge in [-0.2, -0.15) is 0 Å². The van der Waals surface area contributed by atoms with Crippen molar-refractivity contribution in [3.8, 4) is 0 Å². The van der Waals surface area contributed by atoms with Crippen LogP contribution in [0.3, 0.4) is 0 Å². The maximum absolute atomic E-state index is 12.4. The van der Waals surface area contributed by atoms with Crippen LogP contribution in [0.4, 0.5) is 4.79 Å². The number of nitrogens with zero attached hydrogens (tertiary/aromatic N) is 1. The van der Waals surface area contributed by atoms with Crippen molar-refractivity contribution in [2.45, 2.75) is 38.8 Å². The van der Waals surface area contributed by atoms with Crippen LogP contribution >= 0.6 is 0 Å². The number of carboxylic acid groups (broad SMARTS) is 1. The first kappa shape index (κ1) is 25.1. The number of rotatable bonds is 12. The van der Waals surface area contributed by atoms with Crippen molar-refractivity contribution in [2.24, 2.45) is 17.4 Å². The minimum atomic E-state index is -1.18. The van der Waals surface area contributed by atoms with E-state index in [2.05, 4.69) is 16.0 Å². The van der Waals surface area contributed by atoms with Crippen LogP contribution < -0.4 is 27.4 Å². The van der Waals surface area contributed by atoms with E-state index in [-0.39, 0.29) is 18.9 Å². The molecule has 0 aromatic rings. The molecule has 0 aromatic carbocycles. The summed E-state index contributed by atoms with van der Waals surface area (Å²) in [7, 11) is 1.29. The summed E-state index contributed by atoms with van der Waals surface area (Å²) in [5.74, 6) is -3.08. The van der Waals surface area contributed by atoms with E-state index in [4.69, 9.17) is 16.6 Å².